The van der Waals surface area contributed by atoms with Crippen LogP contribution < -0.4 is 0 Å². The summed E-state index contributed by atoms with van der Waals surface area (Å²) in [5.74, 6) is 0.667. The van der Waals surface area contributed by atoms with E-state index in [1.165, 1.54) is 53.5 Å². The first-order chi connectivity index (χ1) is 11.2. The van der Waals surface area contributed by atoms with Crippen LogP contribution in [0.4, 0.5) is 0 Å². The van der Waals surface area contributed by atoms with Gasteiger partial charge in [0.25, 0.3) is 0 Å². The van der Waals surface area contributed by atoms with E-state index in [0.717, 1.165) is 5.02 Å². The number of benzene rings is 2. The summed E-state index contributed by atoms with van der Waals surface area (Å²) in [6, 6.07) is 14.8. The van der Waals surface area contributed by atoms with E-state index < -0.39 is 0 Å². The minimum atomic E-state index is 0.667. The van der Waals surface area contributed by atoms with E-state index >= 15 is 0 Å². The molecule has 0 aliphatic carbocycles. The van der Waals surface area contributed by atoms with Crippen LogP contribution in [0.1, 0.15) is 24.3 Å². The average molecular weight is 325 g/mol. The molecule has 0 amide bonds. The van der Waals surface area contributed by atoms with Gasteiger partial charge >= 0.3 is 0 Å². The van der Waals surface area contributed by atoms with Crippen molar-refractivity contribution in [2.75, 3.05) is 20.1 Å². The molecule has 3 aromatic rings. The number of rotatable bonds is 2. The number of nitrogens with one attached hydrogen (secondary N) is 1. The van der Waals surface area contributed by atoms with Crippen molar-refractivity contribution in [3.8, 4) is 11.1 Å². The molecule has 1 aromatic heterocycles. The number of hydrogen-bond acceptors (Lipinski definition) is 1. The molecule has 2 nitrogen and oxygen atoms in total. The van der Waals surface area contributed by atoms with Gasteiger partial charge in [0, 0.05) is 22.1 Å². The van der Waals surface area contributed by atoms with Crippen molar-refractivity contribution in [1.29, 1.82) is 0 Å². The fourth-order valence-electron chi connectivity index (χ4n) is 3.62. The maximum Gasteiger partial charge on any atom is 0.0457 e. The third-order valence-corrected chi connectivity index (χ3v) is 5.30. The zero-order valence-corrected chi connectivity index (χ0v) is 14.1. The number of piperidine rings is 1. The Labute approximate surface area is 142 Å². The van der Waals surface area contributed by atoms with Crippen LogP contribution in [-0.2, 0) is 0 Å². The number of fused-ring (bicyclic) bond motifs is 1. The van der Waals surface area contributed by atoms with Crippen molar-refractivity contribution in [3.63, 3.8) is 0 Å². The van der Waals surface area contributed by atoms with E-state index in [4.69, 9.17) is 11.6 Å². The molecular formula is C20H21ClN2. The Bertz CT molecular complexity index is 811. The molecule has 2 aromatic carbocycles. The SMILES string of the molecule is CN1CCC(c2c[nH]c3ccc(-c4ccc(Cl)cc4)cc23)CC1. The van der Waals surface area contributed by atoms with Crippen LogP contribution in [-0.4, -0.2) is 30.0 Å². The molecule has 1 aliphatic heterocycles. The van der Waals surface area contributed by atoms with E-state index in [1.807, 2.05) is 12.1 Å². The van der Waals surface area contributed by atoms with E-state index in [9.17, 15) is 0 Å². The lowest BCUT2D eigenvalue weighted by molar-refractivity contribution is 0.256. The molecule has 0 atom stereocenters. The molecule has 1 saturated heterocycles. The first kappa shape index (κ1) is 14.8. The number of nitrogens with zero attached hydrogens (tertiary/aromatic N) is 1. The summed E-state index contributed by atoms with van der Waals surface area (Å²) < 4.78 is 0. The molecule has 0 radical (unpaired) electrons. The Morgan fingerprint density at radius 2 is 1.70 bits per heavy atom. The van der Waals surface area contributed by atoms with Crippen molar-refractivity contribution in [2.45, 2.75) is 18.8 Å². The van der Waals surface area contributed by atoms with Crippen LogP contribution in [0.25, 0.3) is 22.0 Å². The molecule has 4 rings (SSSR count). The highest BCUT2D eigenvalue weighted by molar-refractivity contribution is 6.30. The molecule has 2 heterocycles. The standard InChI is InChI=1S/C20H21ClN2/c1-23-10-8-15(9-11-23)19-13-22-20-7-4-16(12-18(19)20)14-2-5-17(21)6-3-14/h2-7,12-13,15,22H,8-11H2,1H3. The number of hydrogen-bond donors (Lipinski definition) is 1. The van der Waals surface area contributed by atoms with E-state index in [-0.39, 0.29) is 0 Å². The normalized spacial score (nSPS) is 17.0. The summed E-state index contributed by atoms with van der Waals surface area (Å²) in [5, 5.41) is 2.15. The van der Waals surface area contributed by atoms with Gasteiger partial charge in [0.05, 0.1) is 0 Å². The van der Waals surface area contributed by atoms with Crippen molar-refractivity contribution in [3.05, 3.63) is 59.2 Å². The van der Waals surface area contributed by atoms with Gasteiger partial charge in [-0.1, -0.05) is 29.8 Å². The number of likely N-dealkylation sites (tertiary alicyclic amines) is 1. The highest BCUT2D eigenvalue weighted by atomic mass is 35.5. The van der Waals surface area contributed by atoms with Crippen LogP contribution in [0.3, 0.4) is 0 Å². The van der Waals surface area contributed by atoms with Gasteiger partial charge in [-0.2, -0.15) is 0 Å². The Kier molecular flexibility index (Phi) is 3.88. The predicted octanol–water partition coefficient (Wildman–Crippen LogP) is 5.30. The van der Waals surface area contributed by atoms with Crippen molar-refractivity contribution in [2.24, 2.45) is 0 Å². The second-order valence-corrected chi connectivity index (χ2v) is 7.03. The highest BCUT2D eigenvalue weighted by Gasteiger charge is 2.21. The lowest BCUT2D eigenvalue weighted by Gasteiger charge is -2.28. The molecule has 0 unspecified atom stereocenters. The topological polar surface area (TPSA) is 19.0 Å². The minimum Gasteiger partial charge on any atom is -0.361 e. The summed E-state index contributed by atoms with van der Waals surface area (Å²) in [6.45, 7) is 2.38. The van der Waals surface area contributed by atoms with Gasteiger partial charge in [-0.25, -0.2) is 0 Å². The molecule has 0 spiro atoms. The van der Waals surface area contributed by atoms with Gasteiger partial charge in [0.1, 0.15) is 0 Å². The van der Waals surface area contributed by atoms with Gasteiger partial charge in [-0.3, -0.25) is 0 Å². The molecule has 3 heteroatoms. The fraction of sp³-hybridized carbons (Fsp3) is 0.300. The zero-order chi connectivity index (χ0) is 15.8. The fourth-order valence-corrected chi connectivity index (χ4v) is 3.75. The number of aromatic amines is 1. The lowest BCUT2D eigenvalue weighted by Crippen LogP contribution is -2.29. The van der Waals surface area contributed by atoms with Crippen LogP contribution in [0.2, 0.25) is 5.02 Å². The van der Waals surface area contributed by atoms with Gasteiger partial charge in [0.15, 0.2) is 0 Å². The molecule has 1 N–H and O–H groups in total. The van der Waals surface area contributed by atoms with Gasteiger partial charge < -0.3 is 9.88 Å². The largest absolute Gasteiger partial charge is 0.361 e. The Hall–Kier alpha value is -1.77. The second kappa shape index (κ2) is 6.03. The monoisotopic (exact) mass is 324 g/mol. The lowest BCUT2D eigenvalue weighted by atomic mass is 9.89. The summed E-state index contributed by atoms with van der Waals surface area (Å²) in [7, 11) is 2.21. The summed E-state index contributed by atoms with van der Waals surface area (Å²) >= 11 is 6.01. The van der Waals surface area contributed by atoms with Crippen molar-refractivity contribution >= 4 is 22.5 Å². The van der Waals surface area contributed by atoms with Gasteiger partial charge in [-0.15, -0.1) is 0 Å². The van der Waals surface area contributed by atoms with Crippen LogP contribution in [0, 0.1) is 0 Å². The summed E-state index contributed by atoms with van der Waals surface area (Å²) in [4.78, 5) is 5.87. The number of halogens is 1. The third kappa shape index (κ3) is 2.89. The molecule has 1 aliphatic rings. The second-order valence-electron chi connectivity index (χ2n) is 6.59. The van der Waals surface area contributed by atoms with E-state index in [0.29, 0.717) is 5.92 Å². The highest BCUT2D eigenvalue weighted by Crippen LogP contribution is 2.35. The quantitative estimate of drug-likeness (QED) is 0.678. The number of H-pyrrole nitrogens is 1. The van der Waals surface area contributed by atoms with Crippen LogP contribution in [0.15, 0.2) is 48.7 Å². The van der Waals surface area contributed by atoms with Crippen LogP contribution >= 0.6 is 11.6 Å². The van der Waals surface area contributed by atoms with Crippen LogP contribution in [0.5, 0.6) is 0 Å². The molecule has 1 fully saturated rings. The van der Waals surface area contributed by atoms with Gasteiger partial charge in [-0.05, 0) is 79.9 Å². The molecule has 118 valence electrons. The summed E-state index contributed by atoms with van der Waals surface area (Å²) in [5.41, 5.74) is 5.18. The first-order valence-electron chi connectivity index (χ1n) is 8.26. The Balaban J connectivity index is 1.72. The molecule has 0 saturated carbocycles. The zero-order valence-electron chi connectivity index (χ0n) is 13.3. The maximum atomic E-state index is 6.01. The molecule has 0 bridgehead atoms. The molecule has 23 heavy (non-hydrogen) atoms. The van der Waals surface area contributed by atoms with Crippen molar-refractivity contribution < 1.29 is 0 Å². The average Bonchev–Trinajstić information content (AvgIpc) is 2.99. The molecular weight excluding hydrogens is 304 g/mol. The first-order valence-corrected chi connectivity index (χ1v) is 8.64. The van der Waals surface area contributed by atoms with Crippen molar-refractivity contribution in [1.82, 2.24) is 9.88 Å². The summed E-state index contributed by atoms with van der Waals surface area (Å²) in [6.07, 6.45) is 4.70. The van der Waals surface area contributed by atoms with Gasteiger partial charge in [0.2, 0.25) is 0 Å². The Morgan fingerprint density at radius 1 is 1.00 bits per heavy atom. The maximum absolute atomic E-state index is 6.01. The smallest absolute Gasteiger partial charge is 0.0457 e. The Morgan fingerprint density at radius 3 is 2.43 bits per heavy atom. The van der Waals surface area contributed by atoms with E-state index in [1.54, 1.807) is 0 Å². The minimum absolute atomic E-state index is 0.667. The van der Waals surface area contributed by atoms with E-state index in [2.05, 4.69) is 53.5 Å². The third-order valence-electron chi connectivity index (χ3n) is 5.05. The predicted molar refractivity (Wildman–Crippen MR) is 98.2 cm³/mol. The number of aromatic nitrogens is 1.